The summed E-state index contributed by atoms with van der Waals surface area (Å²) in [4.78, 5) is 11.5. The Morgan fingerprint density at radius 1 is 0.935 bits per heavy atom. The molecule has 0 spiro atoms. The molecule has 6 nitrogen and oxygen atoms in total. The van der Waals surface area contributed by atoms with Crippen LogP contribution in [-0.4, -0.2) is 37.0 Å². The monoisotopic (exact) mass is 440 g/mol. The fourth-order valence-electron chi connectivity index (χ4n) is 3.11. The SMILES string of the molecule is Cc1ccc(S(=O)(=O)CCCOc2ccc(Cc3ccc(O)c(C(=O)O)c3)cc2)cc1. The number of hydrogen-bond acceptors (Lipinski definition) is 5. The van der Waals surface area contributed by atoms with Crippen molar-refractivity contribution in [2.24, 2.45) is 0 Å². The van der Waals surface area contributed by atoms with Crippen LogP contribution in [0.5, 0.6) is 11.5 Å². The van der Waals surface area contributed by atoms with Gasteiger partial charge in [0, 0.05) is 0 Å². The summed E-state index contributed by atoms with van der Waals surface area (Å²) in [5.41, 5.74) is 2.61. The van der Waals surface area contributed by atoms with E-state index in [9.17, 15) is 18.3 Å². The maximum Gasteiger partial charge on any atom is 0.339 e. The third-order valence-electron chi connectivity index (χ3n) is 4.83. The highest BCUT2D eigenvalue weighted by molar-refractivity contribution is 7.91. The standard InChI is InChI=1S/C24H24O6S/c1-17-3-10-21(11-4-17)31(28,29)14-2-13-30-20-8-5-18(6-9-20)15-19-7-12-23(25)22(16-19)24(26)27/h3-12,16,25H,2,13-15H2,1H3,(H,26,27). The number of hydrogen-bond donors (Lipinski definition) is 2. The Balaban J connectivity index is 1.51. The summed E-state index contributed by atoms with van der Waals surface area (Å²) in [7, 11) is -3.33. The molecule has 0 aliphatic heterocycles. The van der Waals surface area contributed by atoms with E-state index in [-0.39, 0.29) is 23.7 Å². The van der Waals surface area contributed by atoms with Gasteiger partial charge in [-0.15, -0.1) is 0 Å². The Morgan fingerprint density at radius 2 is 1.58 bits per heavy atom. The average Bonchev–Trinajstić information content (AvgIpc) is 2.74. The molecular formula is C24H24O6S. The van der Waals surface area contributed by atoms with Crippen LogP contribution in [0.25, 0.3) is 0 Å². The lowest BCUT2D eigenvalue weighted by molar-refractivity contribution is 0.0693. The summed E-state index contributed by atoms with van der Waals surface area (Å²) in [6.07, 6.45) is 0.888. The highest BCUT2D eigenvalue weighted by atomic mass is 32.2. The van der Waals surface area contributed by atoms with Crippen LogP contribution in [0.2, 0.25) is 0 Å². The first kappa shape index (κ1) is 22.4. The molecule has 0 fully saturated rings. The first-order valence-electron chi connectivity index (χ1n) is 9.81. The van der Waals surface area contributed by atoms with Gasteiger partial charge in [0.15, 0.2) is 9.84 Å². The average molecular weight is 441 g/mol. The van der Waals surface area contributed by atoms with Gasteiger partial charge in [-0.1, -0.05) is 35.9 Å². The Bertz CT molecular complexity index is 1150. The van der Waals surface area contributed by atoms with Crippen LogP contribution >= 0.6 is 0 Å². The Labute approximate surface area is 181 Å². The molecular weight excluding hydrogens is 416 g/mol. The van der Waals surface area contributed by atoms with Gasteiger partial charge in [-0.25, -0.2) is 13.2 Å². The molecule has 0 atom stereocenters. The van der Waals surface area contributed by atoms with Crippen molar-refractivity contribution in [2.45, 2.75) is 24.7 Å². The van der Waals surface area contributed by atoms with Gasteiger partial charge in [-0.2, -0.15) is 0 Å². The molecule has 0 aliphatic carbocycles. The van der Waals surface area contributed by atoms with E-state index < -0.39 is 15.8 Å². The van der Waals surface area contributed by atoms with E-state index in [1.807, 2.05) is 19.1 Å². The van der Waals surface area contributed by atoms with Crippen LogP contribution in [0.4, 0.5) is 0 Å². The minimum Gasteiger partial charge on any atom is -0.507 e. The number of carbonyl (C=O) groups is 1. The van der Waals surface area contributed by atoms with Crippen molar-refractivity contribution < 1.29 is 28.2 Å². The van der Waals surface area contributed by atoms with Crippen LogP contribution in [0.3, 0.4) is 0 Å². The Morgan fingerprint density at radius 3 is 2.23 bits per heavy atom. The van der Waals surface area contributed by atoms with Gasteiger partial charge < -0.3 is 14.9 Å². The van der Waals surface area contributed by atoms with Crippen molar-refractivity contribution in [3.05, 3.63) is 89.0 Å². The Kier molecular flexibility index (Phi) is 6.97. The lowest BCUT2D eigenvalue weighted by Crippen LogP contribution is -2.10. The van der Waals surface area contributed by atoms with E-state index in [0.717, 1.165) is 16.7 Å². The van der Waals surface area contributed by atoms with Crippen molar-refractivity contribution in [3.8, 4) is 11.5 Å². The first-order valence-corrected chi connectivity index (χ1v) is 11.5. The molecule has 0 heterocycles. The summed E-state index contributed by atoms with van der Waals surface area (Å²) in [6, 6.07) is 18.6. The van der Waals surface area contributed by atoms with Crippen LogP contribution in [0, 0.1) is 6.92 Å². The van der Waals surface area contributed by atoms with E-state index in [0.29, 0.717) is 23.5 Å². The second-order valence-corrected chi connectivity index (χ2v) is 9.42. The lowest BCUT2D eigenvalue weighted by Gasteiger charge is -2.09. The summed E-state index contributed by atoms with van der Waals surface area (Å²) in [6.45, 7) is 2.19. The molecule has 7 heteroatoms. The van der Waals surface area contributed by atoms with Crippen LogP contribution < -0.4 is 4.74 Å². The molecule has 0 saturated heterocycles. The van der Waals surface area contributed by atoms with Crippen LogP contribution in [-0.2, 0) is 16.3 Å². The zero-order chi connectivity index (χ0) is 22.4. The van der Waals surface area contributed by atoms with Gasteiger partial charge >= 0.3 is 5.97 Å². The second-order valence-electron chi connectivity index (χ2n) is 7.31. The predicted molar refractivity (Wildman–Crippen MR) is 118 cm³/mol. The second kappa shape index (κ2) is 9.66. The Hall–Kier alpha value is -3.32. The molecule has 3 rings (SSSR count). The maximum absolute atomic E-state index is 12.4. The molecule has 31 heavy (non-hydrogen) atoms. The normalized spacial score (nSPS) is 11.3. The third kappa shape index (κ3) is 6.08. The minimum atomic E-state index is -3.33. The third-order valence-corrected chi connectivity index (χ3v) is 6.65. The highest BCUT2D eigenvalue weighted by Gasteiger charge is 2.14. The fraction of sp³-hybridized carbons (Fsp3) is 0.208. The largest absolute Gasteiger partial charge is 0.507 e. The first-order chi connectivity index (χ1) is 14.7. The number of aromatic carboxylic acids is 1. The number of sulfone groups is 1. The number of rotatable bonds is 9. The van der Waals surface area contributed by atoms with Gasteiger partial charge in [0.1, 0.15) is 17.1 Å². The number of carboxylic acids is 1. The number of aryl methyl sites for hydroxylation is 1. The molecule has 0 bridgehead atoms. The quantitative estimate of drug-likeness (QED) is 0.483. The fourth-order valence-corrected chi connectivity index (χ4v) is 4.39. The number of aromatic hydroxyl groups is 1. The van der Waals surface area contributed by atoms with Crippen molar-refractivity contribution in [1.82, 2.24) is 0 Å². The molecule has 0 aliphatic rings. The smallest absolute Gasteiger partial charge is 0.339 e. The number of phenols is 1. The minimum absolute atomic E-state index is 0.0148. The molecule has 0 radical (unpaired) electrons. The van der Waals surface area contributed by atoms with Gasteiger partial charge in [-0.3, -0.25) is 0 Å². The molecule has 3 aromatic carbocycles. The van der Waals surface area contributed by atoms with E-state index in [4.69, 9.17) is 9.84 Å². The van der Waals surface area contributed by atoms with E-state index in [1.54, 1.807) is 42.5 Å². The van der Waals surface area contributed by atoms with E-state index in [1.165, 1.54) is 12.1 Å². The molecule has 0 unspecified atom stereocenters. The number of carboxylic acid groups (broad SMARTS) is 1. The zero-order valence-corrected chi connectivity index (χ0v) is 17.9. The maximum atomic E-state index is 12.4. The molecule has 0 amide bonds. The highest BCUT2D eigenvalue weighted by Crippen LogP contribution is 2.21. The van der Waals surface area contributed by atoms with Crippen molar-refractivity contribution in [1.29, 1.82) is 0 Å². The van der Waals surface area contributed by atoms with Gasteiger partial charge in [-0.05, 0) is 67.3 Å². The summed E-state index contributed by atoms with van der Waals surface area (Å²) < 4.78 is 30.4. The van der Waals surface area contributed by atoms with Crippen LogP contribution in [0.15, 0.2) is 71.6 Å². The van der Waals surface area contributed by atoms with Gasteiger partial charge in [0.05, 0.1) is 17.3 Å². The molecule has 0 aromatic heterocycles. The summed E-state index contributed by atoms with van der Waals surface area (Å²) in [5.74, 6) is -0.786. The molecule has 162 valence electrons. The molecule has 3 aromatic rings. The predicted octanol–water partition coefficient (Wildman–Crippen LogP) is 4.23. The molecule has 0 saturated carbocycles. The number of ether oxygens (including phenoxy) is 1. The van der Waals surface area contributed by atoms with Crippen molar-refractivity contribution in [3.63, 3.8) is 0 Å². The molecule has 2 N–H and O–H groups in total. The topological polar surface area (TPSA) is 101 Å². The summed E-state index contributed by atoms with van der Waals surface area (Å²) >= 11 is 0. The van der Waals surface area contributed by atoms with Gasteiger partial charge in [0.25, 0.3) is 0 Å². The van der Waals surface area contributed by atoms with Gasteiger partial charge in [0.2, 0.25) is 0 Å². The lowest BCUT2D eigenvalue weighted by atomic mass is 10.0. The van der Waals surface area contributed by atoms with E-state index in [2.05, 4.69) is 0 Å². The van der Waals surface area contributed by atoms with Crippen molar-refractivity contribution >= 4 is 15.8 Å². The summed E-state index contributed by atoms with van der Waals surface area (Å²) in [5, 5.41) is 18.7. The van der Waals surface area contributed by atoms with Crippen molar-refractivity contribution in [2.75, 3.05) is 12.4 Å². The van der Waals surface area contributed by atoms with E-state index >= 15 is 0 Å². The van der Waals surface area contributed by atoms with Crippen LogP contribution in [0.1, 0.15) is 33.5 Å². The number of benzene rings is 3. The zero-order valence-electron chi connectivity index (χ0n) is 17.1.